The summed E-state index contributed by atoms with van der Waals surface area (Å²) in [6.45, 7) is 3.20. The summed E-state index contributed by atoms with van der Waals surface area (Å²) in [6.07, 6.45) is 8.13. The quantitative estimate of drug-likeness (QED) is 0.439. The Morgan fingerprint density at radius 1 is 1.15 bits per heavy atom. The van der Waals surface area contributed by atoms with Gasteiger partial charge in [-0.25, -0.2) is 4.52 Å². The summed E-state index contributed by atoms with van der Waals surface area (Å²) in [5.74, 6) is 0.493. The molecule has 0 unspecified atom stereocenters. The van der Waals surface area contributed by atoms with Crippen molar-refractivity contribution in [3.63, 3.8) is 0 Å². The number of fused-ring (bicyclic) bond motifs is 1. The van der Waals surface area contributed by atoms with Gasteiger partial charge in [-0.2, -0.15) is 10.4 Å². The van der Waals surface area contributed by atoms with Gasteiger partial charge in [0.15, 0.2) is 5.01 Å². The van der Waals surface area contributed by atoms with Crippen molar-refractivity contribution in [3.05, 3.63) is 47.2 Å². The van der Waals surface area contributed by atoms with Gasteiger partial charge < -0.3 is 10.6 Å². The second-order valence-electron chi connectivity index (χ2n) is 8.33. The third kappa shape index (κ3) is 4.19. The molecule has 4 aromatic rings. The van der Waals surface area contributed by atoms with Crippen molar-refractivity contribution >= 4 is 22.5 Å². The number of aromatic nitrogens is 5. The normalized spacial score (nSPS) is 18.3. The number of anilines is 1. The van der Waals surface area contributed by atoms with Crippen molar-refractivity contribution in [2.45, 2.75) is 44.6 Å². The molecule has 0 aliphatic heterocycles. The Bertz CT molecular complexity index is 1310. The second kappa shape index (κ2) is 9.25. The molecule has 4 aromatic heterocycles. The second-order valence-corrected chi connectivity index (χ2v) is 9.34. The van der Waals surface area contributed by atoms with Crippen LogP contribution >= 0.6 is 11.3 Å². The molecule has 1 saturated carbocycles. The van der Waals surface area contributed by atoms with Gasteiger partial charge in [-0.05, 0) is 56.5 Å². The maximum absolute atomic E-state index is 9.11. The van der Waals surface area contributed by atoms with Crippen LogP contribution in [0, 0.1) is 11.3 Å². The largest absolute Gasteiger partial charge is 0.387 e. The fourth-order valence-corrected chi connectivity index (χ4v) is 5.60. The van der Waals surface area contributed by atoms with Crippen LogP contribution in [0.4, 0.5) is 5.69 Å². The first kappa shape index (κ1) is 21.5. The molecule has 0 radical (unpaired) electrons. The minimum absolute atomic E-state index is 0.493. The van der Waals surface area contributed by atoms with Crippen molar-refractivity contribution in [2.24, 2.45) is 0 Å². The molecule has 0 spiro atoms. The Balaban J connectivity index is 1.40. The van der Waals surface area contributed by atoms with Crippen LogP contribution in [-0.2, 0) is 0 Å². The Morgan fingerprint density at radius 2 is 2.00 bits per heavy atom. The highest BCUT2D eigenvalue weighted by molar-refractivity contribution is 7.14. The molecule has 0 bridgehead atoms. The number of pyridine rings is 1. The number of hydrogen-bond donors (Lipinski definition) is 2. The van der Waals surface area contributed by atoms with Crippen molar-refractivity contribution in [1.82, 2.24) is 30.1 Å². The third-order valence-electron chi connectivity index (χ3n) is 6.31. The highest BCUT2D eigenvalue weighted by Crippen LogP contribution is 2.38. The maximum atomic E-state index is 9.11. The van der Waals surface area contributed by atoms with E-state index in [9.17, 15) is 0 Å². The number of hydrogen-bond acceptors (Lipinski definition) is 8. The Morgan fingerprint density at radius 3 is 2.76 bits per heavy atom. The first-order valence-corrected chi connectivity index (χ1v) is 12.1. The number of nitrogens with zero attached hydrogens (tertiary/aromatic N) is 6. The molecule has 33 heavy (non-hydrogen) atoms. The van der Waals surface area contributed by atoms with E-state index < -0.39 is 0 Å². The summed E-state index contributed by atoms with van der Waals surface area (Å²) in [7, 11) is 1.90. The molecule has 0 saturated heterocycles. The fourth-order valence-electron chi connectivity index (χ4n) is 4.57. The van der Waals surface area contributed by atoms with Crippen LogP contribution in [0.15, 0.2) is 36.7 Å². The highest BCUT2D eigenvalue weighted by atomic mass is 32.1. The first-order valence-electron chi connectivity index (χ1n) is 11.3. The van der Waals surface area contributed by atoms with Crippen molar-refractivity contribution in [3.8, 4) is 28.0 Å². The van der Waals surface area contributed by atoms with E-state index in [4.69, 9.17) is 10.2 Å². The molecule has 5 rings (SSSR count). The van der Waals surface area contributed by atoms with Gasteiger partial charge in [-0.1, -0.05) is 18.3 Å². The highest BCUT2D eigenvalue weighted by Gasteiger charge is 2.25. The first-order chi connectivity index (χ1) is 16.2. The SMILES string of the molecule is CCNC1CCC(c2nnc(-c3cnc(-c4ccc5cc(C#N)cnn45)cc3NC)s2)CC1. The Labute approximate surface area is 196 Å². The summed E-state index contributed by atoms with van der Waals surface area (Å²) < 4.78 is 1.80. The van der Waals surface area contributed by atoms with E-state index in [0.717, 1.165) is 57.6 Å². The van der Waals surface area contributed by atoms with Crippen molar-refractivity contribution in [2.75, 3.05) is 18.9 Å². The lowest BCUT2D eigenvalue weighted by Gasteiger charge is -2.27. The fraction of sp³-hybridized carbons (Fsp3) is 0.375. The monoisotopic (exact) mass is 458 g/mol. The Kier molecular flexibility index (Phi) is 6.03. The van der Waals surface area contributed by atoms with Gasteiger partial charge in [0.05, 0.1) is 34.2 Å². The topological polar surface area (TPSA) is 104 Å². The molecule has 0 atom stereocenters. The van der Waals surface area contributed by atoms with Gasteiger partial charge in [0, 0.05) is 30.9 Å². The van der Waals surface area contributed by atoms with E-state index in [-0.39, 0.29) is 0 Å². The zero-order valence-corrected chi connectivity index (χ0v) is 19.6. The summed E-state index contributed by atoms with van der Waals surface area (Å²) >= 11 is 1.68. The molecular formula is C24H26N8S. The molecule has 4 heterocycles. The van der Waals surface area contributed by atoms with Crippen LogP contribution < -0.4 is 10.6 Å². The molecule has 168 valence electrons. The number of rotatable bonds is 6. The lowest BCUT2D eigenvalue weighted by atomic mass is 9.86. The average molecular weight is 459 g/mol. The van der Waals surface area contributed by atoms with E-state index >= 15 is 0 Å². The van der Waals surface area contributed by atoms with Gasteiger partial charge in [-0.3, -0.25) is 4.98 Å². The lowest BCUT2D eigenvalue weighted by Crippen LogP contribution is -2.32. The van der Waals surface area contributed by atoms with Gasteiger partial charge in [0.25, 0.3) is 0 Å². The smallest absolute Gasteiger partial charge is 0.151 e. The summed E-state index contributed by atoms with van der Waals surface area (Å²) in [4.78, 5) is 4.72. The van der Waals surface area contributed by atoms with Crippen LogP contribution in [0.25, 0.3) is 27.5 Å². The zero-order valence-electron chi connectivity index (χ0n) is 18.7. The molecule has 2 N–H and O–H groups in total. The van der Waals surface area contributed by atoms with Crippen LogP contribution in [0.5, 0.6) is 0 Å². The Hall–Kier alpha value is -3.35. The molecular weight excluding hydrogens is 432 g/mol. The van der Waals surface area contributed by atoms with Gasteiger partial charge >= 0.3 is 0 Å². The van der Waals surface area contributed by atoms with Crippen LogP contribution in [0.2, 0.25) is 0 Å². The van der Waals surface area contributed by atoms with Gasteiger partial charge in [-0.15, -0.1) is 10.2 Å². The minimum Gasteiger partial charge on any atom is -0.387 e. The molecule has 1 fully saturated rings. The van der Waals surface area contributed by atoms with E-state index in [1.165, 1.54) is 12.8 Å². The average Bonchev–Trinajstić information content (AvgIpc) is 3.51. The lowest BCUT2D eigenvalue weighted by molar-refractivity contribution is 0.346. The predicted octanol–water partition coefficient (Wildman–Crippen LogP) is 4.46. The number of nitriles is 1. The minimum atomic E-state index is 0.493. The summed E-state index contributed by atoms with van der Waals surface area (Å²) in [5.41, 5.74) is 4.96. The number of nitrogens with one attached hydrogen (secondary N) is 2. The van der Waals surface area contributed by atoms with Crippen molar-refractivity contribution < 1.29 is 0 Å². The molecule has 0 amide bonds. The standard InChI is InChI=1S/C24H26N8S/c1-3-27-17-6-4-16(5-7-17)23-30-31-24(33-23)19-14-28-21(11-20(19)26-2)22-9-8-18-10-15(12-25)13-29-32(18)22/h8-11,13-14,16-17,27H,3-7H2,1-2H3,(H,26,28). The summed E-state index contributed by atoms with van der Waals surface area (Å²) in [5, 5.41) is 31.4. The van der Waals surface area contributed by atoms with E-state index in [0.29, 0.717) is 17.5 Å². The molecule has 8 nitrogen and oxygen atoms in total. The molecule has 1 aliphatic carbocycles. The molecule has 9 heteroatoms. The van der Waals surface area contributed by atoms with Gasteiger partial charge in [0.2, 0.25) is 0 Å². The maximum Gasteiger partial charge on any atom is 0.151 e. The van der Waals surface area contributed by atoms with Crippen molar-refractivity contribution in [1.29, 1.82) is 5.26 Å². The molecule has 0 aromatic carbocycles. The van der Waals surface area contributed by atoms with Crippen LogP contribution in [-0.4, -0.2) is 44.4 Å². The van der Waals surface area contributed by atoms with Crippen LogP contribution in [0.3, 0.4) is 0 Å². The van der Waals surface area contributed by atoms with E-state index in [2.05, 4.69) is 38.9 Å². The van der Waals surface area contributed by atoms with E-state index in [1.54, 1.807) is 22.0 Å². The molecule has 1 aliphatic rings. The predicted molar refractivity (Wildman–Crippen MR) is 130 cm³/mol. The van der Waals surface area contributed by atoms with Gasteiger partial charge in [0.1, 0.15) is 11.1 Å². The zero-order chi connectivity index (χ0) is 22.8. The van der Waals surface area contributed by atoms with E-state index in [1.807, 2.05) is 37.5 Å². The van der Waals surface area contributed by atoms with Crippen LogP contribution in [0.1, 0.15) is 49.1 Å². The third-order valence-corrected chi connectivity index (χ3v) is 7.42. The summed E-state index contributed by atoms with van der Waals surface area (Å²) in [6, 6.07) is 10.5.